The van der Waals surface area contributed by atoms with Gasteiger partial charge in [-0.15, -0.1) is 0 Å². The van der Waals surface area contributed by atoms with E-state index in [9.17, 15) is 9.59 Å². The molecule has 5 heteroatoms. The topological polar surface area (TPSA) is 81.4 Å². The fourth-order valence-corrected chi connectivity index (χ4v) is 2.00. The molecular weight excluding hydrogens is 268 g/mol. The van der Waals surface area contributed by atoms with Gasteiger partial charge in [-0.05, 0) is 36.5 Å². The summed E-state index contributed by atoms with van der Waals surface area (Å²) in [6, 6.07) is 6.69. The van der Waals surface area contributed by atoms with Crippen LogP contribution in [0.25, 0.3) is 0 Å². The minimum atomic E-state index is -0.452. The first kappa shape index (κ1) is 17.2. The van der Waals surface area contributed by atoms with Crippen molar-refractivity contribution >= 4 is 11.9 Å². The van der Waals surface area contributed by atoms with Gasteiger partial charge in [-0.25, -0.2) is 4.79 Å². The summed E-state index contributed by atoms with van der Waals surface area (Å²) in [5, 5.41) is 2.83. The van der Waals surface area contributed by atoms with Crippen LogP contribution in [-0.4, -0.2) is 31.6 Å². The maximum atomic E-state index is 11.8. The number of rotatable bonds is 7. The first-order valence-electron chi connectivity index (χ1n) is 7.14. The van der Waals surface area contributed by atoms with Gasteiger partial charge in [0.2, 0.25) is 5.91 Å². The number of benzene rings is 1. The molecule has 1 atom stereocenters. The molecular formula is C16H24N2O3. The maximum absolute atomic E-state index is 11.8. The van der Waals surface area contributed by atoms with E-state index in [2.05, 4.69) is 10.1 Å². The number of esters is 1. The Hall–Kier alpha value is -1.88. The third-order valence-electron chi connectivity index (χ3n) is 3.15. The molecule has 0 heterocycles. The quantitative estimate of drug-likeness (QED) is 0.746. The summed E-state index contributed by atoms with van der Waals surface area (Å²) in [6.45, 7) is 4.61. The summed E-state index contributed by atoms with van der Waals surface area (Å²) in [7, 11) is 1.35. The minimum Gasteiger partial charge on any atom is -0.465 e. The number of hydrogen-bond donors (Lipinski definition) is 2. The number of hydrogen-bond acceptors (Lipinski definition) is 4. The predicted molar refractivity (Wildman–Crippen MR) is 81.9 cm³/mol. The van der Waals surface area contributed by atoms with Crippen molar-refractivity contribution in [1.82, 2.24) is 5.32 Å². The molecule has 0 fully saturated rings. The minimum absolute atomic E-state index is 0.116. The third kappa shape index (κ3) is 5.95. The van der Waals surface area contributed by atoms with Crippen molar-refractivity contribution in [2.75, 3.05) is 13.7 Å². The fourth-order valence-electron chi connectivity index (χ4n) is 2.00. The van der Waals surface area contributed by atoms with Crippen LogP contribution in [0.2, 0.25) is 0 Å². The normalized spacial score (nSPS) is 12.0. The van der Waals surface area contributed by atoms with Crippen LogP contribution in [-0.2, 0) is 16.0 Å². The number of nitrogens with one attached hydrogen (secondary N) is 1. The van der Waals surface area contributed by atoms with E-state index in [0.29, 0.717) is 30.9 Å². The Kier molecular flexibility index (Phi) is 6.88. The largest absolute Gasteiger partial charge is 0.465 e. The van der Waals surface area contributed by atoms with E-state index in [4.69, 9.17) is 5.73 Å². The van der Waals surface area contributed by atoms with E-state index in [-0.39, 0.29) is 11.9 Å². The van der Waals surface area contributed by atoms with E-state index in [1.807, 2.05) is 26.0 Å². The number of methoxy groups -OCH3 is 1. The Morgan fingerprint density at radius 1 is 1.24 bits per heavy atom. The van der Waals surface area contributed by atoms with Crippen molar-refractivity contribution in [1.29, 1.82) is 0 Å². The van der Waals surface area contributed by atoms with E-state index in [1.54, 1.807) is 12.1 Å². The Morgan fingerprint density at radius 2 is 1.86 bits per heavy atom. The van der Waals surface area contributed by atoms with Crippen molar-refractivity contribution in [2.24, 2.45) is 11.7 Å². The molecule has 0 aliphatic rings. The van der Waals surface area contributed by atoms with Crippen molar-refractivity contribution in [2.45, 2.75) is 32.7 Å². The molecule has 1 aromatic carbocycles. The van der Waals surface area contributed by atoms with Crippen LogP contribution in [0.5, 0.6) is 0 Å². The van der Waals surface area contributed by atoms with Crippen molar-refractivity contribution in [3.05, 3.63) is 35.4 Å². The lowest BCUT2D eigenvalue weighted by atomic mass is 10.0. The molecule has 0 radical (unpaired) electrons. The smallest absolute Gasteiger partial charge is 0.337 e. The summed E-state index contributed by atoms with van der Waals surface area (Å²) in [5.74, 6) is -0.0685. The van der Waals surface area contributed by atoms with Gasteiger partial charge in [0.05, 0.1) is 18.7 Å². The molecule has 0 unspecified atom stereocenters. The molecule has 21 heavy (non-hydrogen) atoms. The summed E-state index contributed by atoms with van der Waals surface area (Å²) >= 11 is 0. The second-order valence-electron chi connectivity index (χ2n) is 5.47. The zero-order chi connectivity index (χ0) is 15.8. The zero-order valence-corrected chi connectivity index (χ0v) is 12.9. The van der Waals surface area contributed by atoms with E-state index < -0.39 is 6.04 Å². The van der Waals surface area contributed by atoms with Gasteiger partial charge in [-0.2, -0.15) is 0 Å². The van der Waals surface area contributed by atoms with Crippen LogP contribution in [0.1, 0.15) is 36.2 Å². The molecule has 1 amide bonds. The van der Waals surface area contributed by atoms with E-state index in [1.165, 1.54) is 7.11 Å². The molecule has 0 spiro atoms. The maximum Gasteiger partial charge on any atom is 0.337 e. The van der Waals surface area contributed by atoms with Crippen LogP contribution in [0.4, 0.5) is 0 Å². The lowest BCUT2D eigenvalue weighted by Gasteiger charge is -2.14. The predicted octanol–water partition coefficient (Wildman–Crippen LogP) is 1.51. The molecule has 116 valence electrons. The van der Waals surface area contributed by atoms with Crippen LogP contribution >= 0.6 is 0 Å². The number of carbonyl (C=O) groups excluding carboxylic acids is 2. The molecule has 3 N–H and O–H groups in total. The highest BCUT2D eigenvalue weighted by Gasteiger charge is 2.14. The van der Waals surface area contributed by atoms with Gasteiger partial charge in [0, 0.05) is 6.54 Å². The van der Waals surface area contributed by atoms with Crippen LogP contribution in [0, 0.1) is 5.92 Å². The van der Waals surface area contributed by atoms with E-state index >= 15 is 0 Å². The second kappa shape index (κ2) is 8.42. The molecule has 0 aromatic heterocycles. The SMILES string of the molecule is COC(=O)c1ccc(CCNC(=O)[C@@H](N)CC(C)C)cc1. The van der Waals surface area contributed by atoms with Crippen LogP contribution in [0.3, 0.4) is 0 Å². The van der Waals surface area contributed by atoms with Gasteiger partial charge >= 0.3 is 5.97 Å². The number of nitrogens with two attached hydrogens (primary N) is 1. The Bertz CT molecular complexity index is 469. The molecule has 0 saturated heterocycles. The number of ether oxygens (including phenoxy) is 1. The standard InChI is InChI=1S/C16H24N2O3/c1-11(2)10-14(17)15(19)18-9-8-12-4-6-13(7-5-12)16(20)21-3/h4-7,11,14H,8-10,17H2,1-3H3,(H,18,19)/t14-/m0/s1. The van der Waals surface area contributed by atoms with Gasteiger partial charge in [0.25, 0.3) is 0 Å². The zero-order valence-electron chi connectivity index (χ0n) is 12.9. The van der Waals surface area contributed by atoms with Gasteiger partial charge in [0.1, 0.15) is 0 Å². The number of amides is 1. The van der Waals surface area contributed by atoms with Crippen molar-refractivity contribution in [3.8, 4) is 0 Å². The molecule has 0 aliphatic carbocycles. The lowest BCUT2D eigenvalue weighted by Crippen LogP contribution is -2.42. The van der Waals surface area contributed by atoms with Gasteiger partial charge in [0.15, 0.2) is 0 Å². The second-order valence-corrected chi connectivity index (χ2v) is 5.47. The van der Waals surface area contributed by atoms with Crippen molar-refractivity contribution < 1.29 is 14.3 Å². The molecule has 0 bridgehead atoms. The van der Waals surface area contributed by atoms with Crippen LogP contribution in [0.15, 0.2) is 24.3 Å². The highest BCUT2D eigenvalue weighted by atomic mass is 16.5. The molecule has 1 rings (SSSR count). The van der Waals surface area contributed by atoms with Crippen LogP contribution < -0.4 is 11.1 Å². The molecule has 1 aromatic rings. The Morgan fingerprint density at radius 3 is 2.38 bits per heavy atom. The Balaban J connectivity index is 2.39. The Labute approximate surface area is 125 Å². The monoisotopic (exact) mass is 292 g/mol. The first-order valence-corrected chi connectivity index (χ1v) is 7.14. The summed E-state index contributed by atoms with van der Waals surface area (Å²) in [6.07, 6.45) is 1.38. The fraction of sp³-hybridized carbons (Fsp3) is 0.500. The average molecular weight is 292 g/mol. The summed E-state index contributed by atoms with van der Waals surface area (Å²) in [5.41, 5.74) is 7.36. The highest BCUT2D eigenvalue weighted by Crippen LogP contribution is 2.06. The van der Waals surface area contributed by atoms with Gasteiger partial charge in [-0.1, -0.05) is 26.0 Å². The highest BCUT2D eigenvalue weighted by molar-refractivity contribution is 5.89. The summed E-state index contributed by atoms with van der Waals surface area (Å²) in [4.78, 5) is 23.1. The molecule has 5 nitrogen and oxygen atoms in total. The third-order valence-corrected chi connectivity index (χ3v) is 3.15. The molecule has 0 saturated carbocycles. The average Bonchev–Trinajstić information content (AvgIpc) is 2.46. The van der Waals surface area contributed by atoms with Crippen molar-refractivity contribution in [3.63, 3.8) is 0 Å². The first-order chi connectivity index (χ1) is 9.93. The van der Waals surface area contributed by atoms with Gasteiger partial charge < -0.3 is 15.8 Å². The summed E-state index contributed by atoms with van der Waals surface area (Å²) < 4.78 is 4.64. The molecule has 0 aliphatic heterocycles. The lowest BCUT2D eigenvalue weighted by molar-refractivity contribution is -0.122. The van der Waals surface area contributed by atoms with Gasteiger partial charge in [-0.3, -0.25) is 4.79 Å². The number of carbonyl (C=O) groups is 2. The van der Waals surface area contributed by atoms with E-state index in [0.717, 1.165) is 5.56 Å².